The minimum absolute atomic E-state index is 0.158. The zero-order valence-corrected chi connectivity index (χ0v) is 9.20. The summed E-state index contributed by atoms with van der Waals surface area (Å²) in [5, 5.41) is 3.05. The third kappa shape index (κ3) is 3.86. The summed E-state index contributed by atoms with van der Waals surface area (Å²) in [7, 11) is -0.783. The van der Waals surface area contributed by atoms with Crippen molar-refractivity contribution in [3.63, 3.8) is 0 Å². The Morgan fingerprint density at radius 1 is 1.43 bits per heavy atom. The standard InChI is InChI=1S/C10H14NO2P/c1-9(8-12)11-14(2)13-10-6-4-3-5-7-10/h3-9,11H,1-2H3/t9-,14?/m0/s1. The number of benzene rings is 1. The molecule has 1 unspecified atom stereocenters. The molecule has 1 aromatic carbocycles. The van der Waals surface area contributed by atoms with Gasteiger partial charge in [0, 0.05) is 6.66 Å². The van der Waals surface area contributed by atoms with Gasteiger partial charge in [-0.15, -0.1) is 0 Å². The van der Waals surface area contributed by atoms with Crippen LogP contribution in [0.15, 0.2) is 30.3 Å². The summed E-state index contributed by atoms with van der Waals surface area (Å²) in [6.45, 7) is 3.74. The molecule has 1 rings (SSSR count). The van der Waals surface area contributed by atoms with E-state index in [1.54, 1.807) is 6.92 Å². The van der Waals surface area contributed by atoms with Gasteiger partial charge < -0.3 is 9.32 Å². The van der Waals surface area contributed by atoms with Gasteiger partial charge in [0.2, 0.25) is 0 Å². The summed E-state index contributed by atoms with van der Waals surface area (Å²) < 4.78 is 5.58. The Kier molecular flexibility index (Phi) is 4.57. The molecule has 0 amide bonds. The van der Waals surface area contributed by atoms with Gasteiger partial charge in [-0.2, -0.15) is 0 Å². The molecule has 14 heavy (non-hydrogen) atoms. The lowest BCUT2D eigenvalue weighted by molar-refractivity contribution is -0.108. The second-order valence-corrected chi connectivity index (χ2v) is 4.39. The van der Waals surface area contributed by atoms with E-state index in [0.29, 0.717) is 0 Å². The zero-order valence-electron chi connectivity index (χ0n) is 8.31. The highest BCUT2D eigenvalue weighted by atomic mass is 31.2. The van der Waals surface area contributed by atoms with E-state index in [1.165, 1.54) is 0 Å². The highest BCUT2D eigenvalue weighted by Crippen LogP contribution is 2.29. The van der Waals surface area contributed by atoms with Crippen LogP contribution in [0.3, 0.4) is 0 Å². The fraction of sp³-hybridized carbons (Fsp3) is 0.300. The number of carbonyl (C=O) groups excluding carboxylic acids is 1. The molecule has 0 heterocycles. The van der Waals surface area contributed by atoms with Crippen LogP contribution >= 0.6 is 8.30 Å². The maximum atomic E-state index is 10.4. The quantitative estimate of drug-likeness (QED) is 0.599. The first-order valence-corrected chi connectivity index (χ1v) is 6.11. The van der Waals surface area contributed by atoms with Crippen LogP contribution in [-0.4, -0.2) is 19.0 Å². The van der Waals surface area contributed by atoms with Crippen molar-refractivity contribution in [2.75, 3.05) is 6.66 Å². The minimum atomic E-state index is -0.783. The third-order valence-corrected chi connectivity index (χ3v) is 2.83. The van der Waals surface area contributed by atoms with Crippen molar-refractivity contribution >= 4 is 14.6 Å². The Labute approximate surface area is 85.4 Å². The van der Waals surface area contributed by atoms with E-state index < -0.39 is 8.30 Å². The summed E-state index contributed by atoms with van der Waals surface area (Å²) in [4.78, 5) is 10.4. The van der Waals surface area contributed by atoms with Crippen LogP contribution in [0, 0.1) is 0 Å². The molecule has 0 bridgehead atoms. The van der Waals surface area contributed by atoms with Gasteiger partial charge >= 0.3 is 0 Å². The largest absolute Gasteiger partial charge is 0.459 e. The fourth-order valence-corrected chi connectivity index (χ4v) is 2.11. The molecule has 76 valence electrons. The average molecular weight is 211 g/mol. The lowest BCUT2D eigenvalue weighted by atomic mass is 10.3. The average Bonchev–Trinajstić information content (AvgIpc) is 2.19. The third-order valence-electron chi connectivity index (χ3n) is 1.58. The molecule has 0 radical (unpaired) electrons. The number of hydrogen-bond donors (Lipinski definition) is 1. The number of nitrogens with one attached hydrogen (secondary N) is 1. The molecule has 3 nitrogen and oxygen atoms in total. The molecule has 0 saturated carbocycles. The predicted octanol–water partition coefficient (Wildman–Crippen LogP) is 2.18. The summed E-state index contributed by atoms with van der Waals surface area (Å²) in [6, 6.07) is 9.41. The van der Waals surface area contributed by atoms with Gasteiger partial charge in [0.1, 0.15) is 12.0 Å². The lowest BCUT2D eigenvalue weighted by Crippen LogP contribution is -2.23. The first kappa shape index (κ1) is 11.2. The number of hydrogen-bond acceptors (Lipinski definition) is 3. The maximum Gasteiger partial charge on any atom is 0.158 e. The molecule has 0 aliphatic carbocycles. The molecule has 0 aromatic heterocycles. The number of rotatable bonds is 5. The topological polar surface area (TPSA) is 38.3 Å². The summed E-state index contributed by atoms with van der Waals surface area (Å²) in [5.41, 5.74) is 0. The van der Waals surface area contributed by atoms with Gasteiger partial charge in [0.25, 0.3) is 0 Å². The summed E-state index contributed by atoms with van der Waals surface area (Å²) in [5.74, 6) is 0.826. The van der Waals surface area contributed by atoms with Crippen LogP contribution in [0.2, 0.25) is 0 Å². The van der Waals surface area contributed by atoms with E-state index in [1.807, 2.05) is 37.0 Å². The first-order valence-electron chi connectivity index (χ1n) is 4.40. The van der Waals surface area contributed by atoms with Gasteiger partial charge in [-0.05, 0) is 19.1 Å². The van der Waals surface area contributed by atoms with Crippen molar-refractivity contribution in [1.29, 1.82) is 0 Å². The van der Waals surface area contributed by atoms with Crippen molar-refractivity contribution in [2.24, 2.45) is 0 Å². The number of carbonyl (C=O) groups is 1. The molecule has 4 heteroatoms. The van der Waals surface area contributed by atoms with Crippen LogP contribution in [0.1, 0.15) is 6.92 Å². The second kappa shape index (κ2) is 5.74. The smallest absolute Gasteiger partial charge is 0.158 e. The molecule has 2 atom stereocenters. The Bertz CT molecular complexity index is 279. The van der Waals surface area contributed by atoms with Gasteiger partial charge in [-0.25, -0.2) is 0 Å². The zero-order chi connectivity index (χ0) is 10.4. The van der Waals surface area contributed by atoms with E-state index in [9.17, 15) is 4.79 Å². The first-order chi connectivity index (χ1) is 6.72. The Balaban J connectivity index is 2.41. The molecule has 0 saturated heterocycles. The number of para-hydroxylation sites is 1. The molecule has 0 fully saturated rings. The Morgan fingerprint density at radius 2 is 2.07 bits per heavy atom. The molecule has 0 spiro atoms. The van der Waals surface area contributed by atoms with Gasteiger partial charge in [0.05, 0.1) is 6.04 Å². The molecular weight excluding hydrogens is 197 g/mol. The molecule has 0 aliphatic heterocycles. The molecule has 0 aliphatic rings. The highest BCUT2D eigenvalue weighted by Gasteiger charge is 2.07. The van der Waals surface area contributed by atoms with E-state index in [0.717, 1.165) is 12.0 Å². The second-order valence-electron chi connectivity index (χ2n) is 2.96. The van der Waals surface area contributed by atoms with E-state index in [4.69, 9.17) is 4.52 Å². The van der Waals surface area contributed by atoms with Crippen molar-refractivity contribution < 1.29 is 9.32 Å². The van der Waals surface area contributed by atoms with Crippen LogP contribution in [-0.2, 0) is 4.79 Å². The number of aldehydes is 1. The van der Waals surface area contributed by atoms with Gasteiger partial charge in [0.15, 0.2) is 8.30 Å². The van der Waals surface area contributed by atoms with E-state index >= 15 is 0 Å². The van der Waals surface area contributed by atoms with Crippen LogP contribution < -0.4 is 9.61 Å². The molecule has 1 aromatic rings. The Hall–Kier alpha value is -0.920. The van der Waals surface area contributed by atoms with Crippen molar-refractivity contribution in [2.45, 2.75) is 13.0 Å². The highest BCUT2D eigenvalue weighted by molar-refractivity contribution is 7.49. The summed E-state index contributed by atoms with van der Waals surface area (Å²) >= 11 is 0. The minimum Gasteiger partial charge on any atom is -0.459 e. The van der Waals surface area contributed by atoms with Gasteiger partial charge in [-0.1, -0.05) is 18.2 Å². The van der Waals surface area contributed by atoms with Crippen molar-refractivity contribution in [1.82, 2.24) is 5.09 Å². The van der Waals surface area contributed by atoms with Crippen molar-refractivity contribution in [3.05, 3.63) is 30.3 Å². The van der Waals surface area contributed by atoms with Crippen LogP contribution in [0.25, 0.3) is 0 Å². The van der Waals surface area contributed by atoms with E-state index in [-0.39, 0.29) is 6.04 Å². The monoisotopic (exact) mass is 211 g/mol. The van der Waals surface area contributed by atoms with Gasteiger partial charge in [-0.3, -0.25) is 5.09 Å². The van der Waals surface area contributed by atoms with Crippen LogP contribution in [0.4, 0.5) is 0 Å². The molecule has 1 N–H and O–H groups in total. The Morgan fingerprint density at radius 3 is 2.64 bits per heavy atom. The fourth-order valence-electron chi connectivity index (χ4n) is 0.983. The van der Waals surface area contributed by atoms with Crippen LogP contribution in [0.5, 0.6) is 5.75 Å². The van der Waals surface area contributed by atoms with Crippen molar-refractivity contribution in [3.8, 4) is 5.75 Å². The normalized spacial score (nSPS) is 14.4. The lowest BCUT2D eigenvalue weighted by Gasteiger charge is -2.16. The summed E-state index contributed by atoms with van der Waals surface area (Å²) in [6.07, 6.45) is 0.868. The molecular formula is C10H14NO2P. The maximum absolute atomic E-state index is 10.4. The van der Waals surface area contributed by atoms with E-state index in [2.05, 4.69) is 5.09 Å². The predicted molar refractivity (Wildman–Crippen MR) is 58.6 cm³/mol. The SMILES string of the molecule is C[C@@H](C=O)NP(C)Oc1ccccc1.